The summed E-state index contributed by atoms with van der Waals surface area (Å²) >= 11 is 0. The van der Waals surface area contributed by atoms with Gasteiger partial charge in [0.05, 0.1) is 6.61 Å². The third kappa shape index (κ3) is 2.70. The normalized spacial score (nSPS) is 21.4. The second-order valence-corrected chi connectivity index (χ2v) is 4.13. The van der Waals surface area contributed by atoms with Gasteiger partial charge in [0.25, 0.3) is 0 Å². The van der Waals surface area contributed by atoms with E-state index < -0.39 is 0 Å². The lowest BCUT2D eigenvalue weighted by Crippen LogP contribution is -2.49. The van der Waals surface area contributed by atoms with E-state index in [2.05, 4.69) is 32.3 Å². The molecule has 16 heavy (non-hydrogen) atoms. The van der Waals surface area contributed by atoms with Crippen LogP contribution in [0.3, 0.4) is 0 Å². The van der Waals surface area contributed by atoms with Gasteiger partial charge in [-0.3, -0.25) is 5.10 Å². The minimum absolute atomic E-state index is 0.495. The van der Waals surface area contributed by atoms with Crippen molar-refractivity contribution in [2.24, 2.45) is 0 Å². The third-order valence-corrected chi connectivity index (χ3v) is 2.71. The second kappa shape index (κ2) is 5.27. The Morgan fingerprint density at radius 2 is 2.44 bits per heavy atom. The largest absolute Gasteiger partial charge is 0.384 e. The summed E-state index contributed by atoms with van der Waals surface area (Å²) in [6, 6.07) is 0.495. The topological polar surface area (TPSA) is 66.1 Å². The molecule has 0 aromatic carbocycles. The fourth-order valence-corrected chi connectivity index (χ4v) is 1.85. The Morgan fingerprint density at radius 1 is 1.56 bits per heavy atom. The molecule has 1 aliphatic rings. The molecule has 1 aliphatic heterocycles. The average molecular weight is 225 g/mol. The lowest BCUT2D eigenvalue weighted by Gasteiger charge is -2.30. The van der Waals surface area contributed by atoms with Crippen LogP contribution >= 0.6 is 0 Å². The van der Waals surface area contributed by atoms with Gasteiger partial charge in [-0.05, 0) is 6.92 Å². The molecule has 90 valence electrons. The number of H-pyrrole nitrogens is 1. The Kier molecular flexibility index (Phi) is 3.74. The summed E-state index contributed by atoms with van der Waals surface area (Å²) in [5.41, 5.74) is 0. The number of rotatable bonds is 4. The number of nitrogens with one attached hydrogen (secondary N) is 2. The molecule has 0 bridgehead atoms. The van der Waals surface area contributed by atoms with Crippen molar-refractivity contribution in [1.82, 2.24) is 20.5 Å². The first-order valence-corrected chi connectivity index (χ1v) is 5.68. The molecule has 0 amide bonds. The fraction of sp³-hybridized carbons (Fsp3) is 0.800. The molecule has 1 aromatic rings. The van der Waals surface area contributed by atoms with E-state index in [9.17, 15) is 0 Å². The van der Waals surface area contributed by atoms with Crippen molar-refractivity contribution in [1.29, 1.82) is 0 Å². The summed E-state index contributed by atoms with van der Waals surface area (Å²) in [7, 11) is 1.69. The molecule has 1 aromatic heterocycles. The molecule has 6 heteroatoms. The van der Waals surface area contributed by atoms with Gasteiger partial charge in [-0.25, -0.2) is 0 Å². The summed E-state index contributed by atoms with van der Waals surface area (Å²) in [4.78, 5) is 6.66. The predicted octanol–water partition coefficient (Wildman–Crippen LogP) is -0.208. The molecular weight excluding hydrogens is 206 g/mol. The van der Waals surface area contributed by atoms with Gasteiger partial charge in [-0.2, -0.15) is 4.98 Å². The first-order valence-electron chi connectivity index (χ1n) is 5.68. The van der Waals surface area contributed by atoms with Crippen LogP contribution in [0.25, 0.3) is 0 Å². The Morgan fingerprint density at radius 3 is 3.19 bits per heavy atom. The molecule has 1 atom stereocenters. The summed E-state index contributed by atoms with van der Waals surface area (Å²) < 4.78 is 5.01. The van der Waals surface area contributed by atoms with Gasteiger partial charge in [0, 0.05) is 39.2 Å². The first-order chi connectivity index (χ1) is 7.79. The summed E-state index contributed by atoms with van der Waals surface area (Å²) in [6.07, 6.45) is 0.783. The number of hydrogen-bond acceptors (Lipinski definition) is 5. The summed E-state index contributed by atoms with van der Waals surface area (Å²) in [6.45, 7) is 5.76. The Bertz CT molecular complexity index is 327. The number of hydrogen-bond donors (Lipinski definition) is 2. The second-order valence-electron chi connectivity index (χ2n) is 4.13. The van der Waals surface area contributed by atoms with Gasteiger partial charge in [0.15, 0.2) is 0 Å². The number of nitrogens with zero attached hydrogens (tertiary/aromatic N) is 3. The number of anilines is 1. The van der Waals surface area contributed by atoms with Crippen LogP contribution in [-0.4, -0.2) is 54.6 Å². The van der Waals surface area contributed by atoms with E-state index >= 15 is 0 Å². The number of ether oxygens (including phenoxy) is 1. The van der Waals surface area contributed by atoms with Gasteiger partial charge in [0.1, 0.15) is 5.82 Å². The number of aromatic nitrogens is 3. The molecule has 2 N–H and O–H groups in total. The molecule has 0 radical (unpaired) electrons. The fourth-order valence-electron chi connectivity index (χ4n) is 1.85. The minimum Gasteiger partial charge on any atom is -0.384 e. The third-order valence-electron chi connectivity index (χ3n) is 2.71. The smallest absolute Gasteiger partial charge is 0.244 e. The molecule has 2 heterocycles. The highest BCUT2D eigenvalue weighted by Gasteiger charge is 2.18. The van der Waals surface area contributed by atoms with Crippen LogP contribution in [0.1, 0.15) is 12.7 Å². The van der Waals surface area contributed by atoms with Gasteiger partial charge < -0.3 is 15.0 Å². The highest BCUT2D eigenvalue weighted by molar-refractivity contribution is 5.30. The quantitative estimate of drug-likeness (QED) is 0.742. The standard InChI is InChI=1S/C10H19N5O/c1-8-7-15(5-4-11-8)10-12-9(13-14-10)3-6-16-2/h8,11H,3-7H2,1-2H3,(H,12,13,14). The molecule has 1 saturated heterocycles. The van der Waals surface area contributed by atoms with Gasteiger partial charge in [-0.15, -0.1) is 5.10 Å². The average Bonchev–Trinajstić information content (AvgIpc) is 2.75. The summed E-state index contributed by atoms with van der Waals surface area (Å²) in [5.74, 6) is 1.70. The summed E-state index contributed by atoms with van der Waals surface area (Å²) in [5, 5.41) is 10.6. The van der Waals surface area contributed by atoms with Crippen molar-refractivity contribution in [3.05, 3.63) is 5.82 Å². The molecule has 1 unspecified atom stereocenters. The Hall–Kier alpha value is -1.14. The zero-order chi connectivity index (χ0) is 11.4. The van der Waals surface area contributed by atoms with Gasteiger partial charge in [0.2, 0.25) is 5.95 Å². The van der Waals surface area contributed by atoms with Crippen molar-refractivity contribution >= 4 is 5.95 Å². The van der Waals surface area contributed by atoms with E-state index in [1.54, 1.807) is 7.11 Å². The molecule has 0 saturated carbocycles. The monoisotopic (exact) mass is 225 g/mol. The van der Waals surface area contributed by atoms with Crippen molar-refractivity contribution < 1.29 is 4.74 Å². The van der Waals surface area contributed by atoms with Crippen LogP contribution in [0.4, 0.5) is 5.95 Å². The number of methoxy groups -OCH3 is 1. The lowest BCUT2D eigenvalue weighted by atomic mass is 10.2. The first kappa shape index (κ1) is 11.3. The molecule has 2 rings (SSSR count). The maximum atomic E-state index is 5.01. The van der Waals surface area contributed by atoms with E-state index in [1.807, 2.05) is 0 Å². The Balaban J connectivity index is 1.95. The van der Waals surface area contributed by atoms with E-state index in [-0.39, 0.29) is 0 Å². The van der Waals surface area contributed by atoms with Crippen molar-refractivity contribution in [2.45, 2.75) is 19.4 Å². The van der Waals surface area contributed by atoms with Crippen LogP contribution in [0.15, 0.2) is 0 Å². The lowest BCUT2D eigenvalue weighted by molar-refractivity contribution is 0.200. The maximum absolute atomic E-state index is 5.01. The minimum atomic E-state index is 0.495. The highest BCUT2D eigenvalue weighted by atomic mass is 16.5. The van der Waals surface area contributed by atoms with Crippen molar-refractivity contribution in [2.75, 3.05) is 38.3 Å². The van der Waals surface area contributed by atoms with Gasteiger partial charge in [-0.1, -0.05) is 0 Å². The molecule has 0 spiro atoms. The number of piperazine rings is 1. The van der Waals surface area contributed by atoms with Gasteiger partial charge >= 0.3 is 0 Å². The van der Waals surface area contributed by atoms with E-state index in [0.29, 0.717) is 12.6 Å². The Labute approximate surface area is 95.4 Å². The SMILES string of the molecule is COCCc1nc(N2CCNC(C)C2)n[nH]1. The van der Waals surface area contributed by atoms with E-state index in [1.165, 1.54) is 0 Å². The number of aromatic amines is 1. The van der Waals surface area contributed by atoms with Crippen LogP contribution in [0.5, 0.6) is 0 Å². The predicted molar refractivity (Wildman–Crippen MR) is 61.6 cm³/mol. The molecular formula is C10H19N5O. The highest BCUT2D eigenvalue weighted by Crippen LogP contribution is 2.10. The van der Waals surface area contributed by atoms with Crippen LogP contribution in [0.2, 0.25) is 0 Å². The van der Waals surface area contributed by atoms with E-state index in [0.717, 1.165) is 37.8 Å². The molecule has 0 aliphatic carbocycles. The maximum Gasteiger partial charge on any atom is 0.244 e. The molecule has 6 nitrogen and oxygen atoms in total. The molecule has 1 fully saturated rings. The van der Waals surface area contributed by atoms with Crippen LogP contribution in [0, 0.1) is 0 Å². The van der Waals surface area contributed by atoms with Crippen LogP contribution in [-0.2, 0) is 11.2 Å². The zero-order valence-corrected chi connectivity index (χ0v) is 9.86. The van der Waals surface area contributed by atoms with Crippen molar-refractivity contribution in [3.8, 4) is 0 Å². The van der Waals surface area contributed by atoms with Crippen molar-refractivity contribution in [3.63, 3.8) is 0 Å². The van der Waals surface area contributed by atoms with E-state index in [4.69, 9.17) is 4.74 Å². The zero-order valence-electron chi connectivity index (χ0n) is 9.86. The van der Waals surface area contributed by atoms with Crippen LogP contribution < -0.4 is 10.2 Å².